The lowest BCUT2D eigenvalue weighted by Crippen LogP contribution is -2.00. The van der Waals surface area contributed by atoms with Crippen LogP contribution in [-0.4, -0.2) is 11.1 Å². The van der Waals surface area contributed by atoms with Crippen LogP contribution in [0.3, 0.4) is 0 Å². The molecule has 0 amide bonds. The molecule has 0 spiro atoms. The quantitative estimate of drug-likeness (QED) is 0.817. The monoisotopic (exact) mass is 202 g/mol. The van der Waals surface area contributed by atoms with Gasteiger partial charge in [-0.2, -0.15) is 0 Å². The van der Waals surface area contributed by atoms with Crippen molar-refractivity contribution in [2.45, 2.75) is 18.8 Å². The van der Waals surface area contributed by atoms with Gasteiger partial charge in [-0.1, -0.05) is 30.3 Å². The molecule has 0 aromatic heterocycles. The number of carbonyl (C=O) groups is 1. The Labute approximate surface area is 88.9 Å². The van der Waals surface area contributed by atoms with Gasteiger partial charge in [0.1, 0.15) is 0 Å². The maximum atomic E-state index is 10.7. The molecular formula is C13H14O2. The van der Waals surface area contributed by atoms with Crippen molar-refractivity contribution < 1.29 is 9.90 Å². The average Bonchev–Trinajstić information content (AvgIpc) is 3.11. The van der Waals surface area contributed by atoms with E-state index in [0.717, 1.165) is 6.42 Å². The first kappa shape index (κ1) is 8.96. The van der Waals surface area contributed by atoms with Gasteiger partial charge >= 0.3 is 5.97 Å². The number of carboxylic acids is 1. The molecule has 78 valence electrons. The van der Waals surface area contributed by atoms with Gasteiger partial charge in [-0.15, -0.1) is 0 Å². The zero-order valence-corrected chi connectivity index (χ0v) is 8.47. The molecule has 3 rings (SSSR count). The Morgan fingerprint density at radius 1 is 1.13 bits per heavy atom. The van der Waals surface area contributed by atoms with E-state index in [1.807, 2.05) is 6.07 Å². The number of hydrogen-bond acceptors (Lipinski definition) is 1. The molecule has 0 aliphatic heterocycles. The predicted octanol–water partition coefficient (Wildman–Crippen LogP) is 2.51. The third kappa shape index (κ3) is 1.54. The van der Waals surface area contributed by atoms with E-state index in [-0.39, 0.29) is 5.92 Å². The van der Waals surface area contributed by atoms with Gasteiger partial charge in [-0.25, -0.2) is 0 Å². The topological polar surface area (TPSA) is 37.3 Å². The van der Waals surface area contributed by atoms with Crippen LogP contribution in [0.1, 0.15) is 24.3 Å². The highest BCUT2D eigenvalue weighted by Crippen LogP contribution is 2.61. The molecule has 0 unspecified atom stereocenters. The normalized spacial score (nSPS) is 37.3. The van der Waals surface area contributed by atoms with Crippen LogP contribution < -0.4 is 0 Å². The molecular weight excluding hydrogens is 188 g/mol. The Morgan fingerprint density at radius 2 is 1.87 bits per heavy atom. The Kier molecular flexibility index (Phi) is 1.84. The Bertz CT molecular complexity index is 385. The highest BCUT2D eigenvalue weighted by atomic mass is 16.4. The minimum absolute atomic E-state index is 0.0382. The Hall–Kier alpha value is -1.31. The number of rotatable bonds is 3. The summed E-state index contributed by atoms with van der Waals surface area (Å²) in [6.07, 6.45) is 2.10. The number of hydrogen-bond donors (Lipinski definition) is 1. The second-order valence-electron chi connectivity index (χ2n) is 4.76. The smallest absolute Gasteiger partial charge is 0.306 e. The van der Waals surface area contributed by atoms with Gasteiger partial charge in [0.05, 0.1) is 5.92 Å². The van der Waals surface area contributed by atoms with Crippen molar-refractivity contribution in [1.29, 1.82) is 0 Å². The van der Waals surface area contributed by atoms with E-state index < -0.39 is 5.97 Å². The Balaban J connectivity index is 1.64. The second-order valence-corrected chi connectivity index (χ2v) is 4.76. The van der Waals surface area contributed by atoms with Crippen molar-refractivity contribution in [3.8, 4) is 0 Å². The van der Waals surface area contributed by atoms with E-state index in [1.54, 1.807) is 0 Å². The molecule has 2 fully saturated rings. The molecule has 0 radical (unpaired) electrons. The van der Waals surface area contributed by atoms with E-state index in [4.69, 9.17) is 5.11 Å². The molecule has 1 N–H and O–H groups in total. The standard InChI is InChI=1S/C13H14O2/c14-13(15)12-7-11(12)10-6-9(10)8-4-2-1-3-5-8/h1-5,9-12H,6-7H2,(H,14,15)/t9-,10-,11+,12-/m1/s1. The van der Waals surface area contributed by atoms with Gasteiger partial charge < -0.3 is 5.11 Å². The molecule has 1 aromatic rings. The SMILES string of the molecule is O=C(O)[C@@H]1C[C@H]1[C@@H]1C[C@@H]1c1ccccc1. The summed E-state index contributed by atoms with van der Waals surface area (Å²) in [7, 11) is 0. The summed E-state index contributed by atoms with van der Waals surface area (Å²) in [5.74, 6) is 1.11. The van der Waals surface area contributed by atoms with Crippen LogP contribution in [-0.2, 0) is 4.79 Å². The van der Waals surface area contributed by atoms with Gasteiger partial charge in [-0.3, -0.25) is 4.79 Å². The predicted molar refractivity (Wildman–Crippen MR) is 56.5 cm³/mol. The largest absolute Gasteiger partial charge is 0.481 e. The van der Waals surface area contributed by atoms with Gasteiger partial charge in [0.2, 0.25) is 0 Å². The van der Waals surface area contributed by atoms with E-state index in [2.05, 4.69) is 24.3 Å². The highest BCUT2D eigenvalue weighted by Gasteiger charge is 2.56. The van der Waals surface area contributed by atoms with Gasteiger partial charge in [0.25, 0.3) is 0 Å². The molecule has 0 heterocycles. The summed E-state index contributed by atoms with van der Waals surface area (Å²) in [6.45, 7) is 0. The molecule has 2 aliphatic carbocycles. The van der Waals surface area contributed by atoms with Gasteiger partial charge in [0, 0.05) is 0 Å². The summed E-state index contributed by atoms with van der Waals surface area (Å²) in [5.41, 5.74) is 1.39. The van der Waals surface area contributed by atoms with Crippen molar-refractivity contribution in [2.75, 3.05) is 0 Å². The molecule has 2 aliphatic rings. The first-order valence-electron chi connectivity index (χ1n) is 5.55. The van der Waals surface area contributed by atoms with Gasteiger partial charge in [0.15, 0.2) is 0 Å². The fourth-order valence-electron chi connectivity index (χ4n) is 2.74. The van der Waals surface area contributed by atoms with Gasteiger partial charge in [-0.05, 0) is 36.2 Å². The second kappa shape index (κ2) is 3.09. The van der Waals surface area contributed by atoms with Crippen LogP contribution in [0.15, 0.2) is 30.3 Å². The molecule has 2 saturated carbocycles. The summed E-state index contributed by atoms with van der Waals surface area (Å²) < 4.78 is 0. The lowest BCUT2D eigenvalue weighted by Gasteiger charge is -1.98. The van der Waals surface area contributed by atoms with Crippen LogP contribution in [0, 0.1) is 17.8 Å². The maximum absolute atomic E-state index is 10.7. The molecule has 1 aromatic carbocycles. The lowest BCUT2D eigenvalue weighted by molar-refractivity contribution is -0.138. The van der Waals surface area contributed by atoms with Crippen molar-refractivity contribution in [1.82, 2.24) is 0 Å². The third-order valence-electron chi connectivity index (χ3n) is 3.77. The zero-order chi connectivity index (χ0) is 10.4. The average molecular weight is 202 g/mol. The van der Waals surface area contributed by atoms with Crippen molar-refractivity contribution in [3.63, 3.8) is 0 Å². The van der Waals surface area contributed by atoms with Crippen LogP contribution in [0.4, 0.5) is 0 Å². The number of aliphatic carboxylic acids is 1. The van der Waals surface area contributed by atoms with E-state index >= 15 is 0 Å². The summed E-state index contributed by atoms with van der Waals surface area (Å²) in [4.78, 5) is 10.7. The molecule has 0 saturated heterocycles. The molecule has 2 nitrogen and oxygen atoms in total. The van der Waals surface area contributed by atoms with Crippen LogP contribution >= 0.6 is 0 Å². The number of benzene rings is 1. The van der Waals surface area contributed by atoms with Crippen LogP contribution in [0.2, 0.25) is 0 Å². The van der Waals surface area contributed by atoms with Crippen molar-refractivity contribution >= 4 is 5.97 Å². The Morgan fingerprint density at radius 3 is 2.47 bits per heavy atom. The van der Waals surface area contributed by atoms with Crippen LogP contribution in [0.5, 0.6) is 0 Å². The molecule has 2 heteroatoms. The minimum Gasteiger partial charge on any atom is -0.481 e. The zero-order valence-electron chi connectivity index (χ0n) is 8.47. The number of carboxylic acid groups (broad SMARTS) is 1. The van der Waals surface area contributed by atoms with Crippen molar-refractivity contribution in [2.24, 2.45) is 17.8 Å². The highest BCUT2D eigenvalue weighted by molar-refractivity contribution is 5.73. The summed E-state index contributed by atoms with van der Waals surface area (Å²) >= 11 is 0. The maximum Gasteiger partial charge on any atom is 0.306 e. The third-order valence-corrected chi connectivity index (χ3v) is 3.77. The van der Waals surface area contributed by atoms with E-state index in [1.165, 1.54) is 12.0 Å². The minimum atomic E-state index is -0.598. The van der Waals surface area contributed by atoms with Crippen LogP contribution in [0.25, 0.3) is 0 Å². The lowest BCUT2D eigenvalue weighted by atomic mass is 10.1. The fraction of sp³-hybridized carbons (Fsp3) is 0.462. The van der Waals surface area contributed by atoms with E-state index in [0.29, 0.717) is 17.8 Å². The fourth-order valence-corrected chi connectivity index (χ4v) is 2.74. The first-order valence-corrected chi connectivity index (χ1v) is 5.55. The summed E-state index contributed by atoms with van der Waals surface area (Å²) in [6, 6.07) is 10.5. The molecule has 4 atom stereocenters. The molecule has 15 heavy (non-hydrogen) atoms. The molecule has 0 bridgehead atoms. The van der Waals surface area contributed by atoms with E-state index in [9.17, 15) is 4.79 Å². The first-order chi connectivity index (χ1) is 7.27. The summed E-state index contributed by atoms with van der Waals surface area (Å²) in [5, 5.41) is 8.86. The van der Waals surface area contributed by atoms with Crippen molar-refractivity contribution in [3.05, 3.63) is 35.9 Å².